The van der Waals surface area contributed by atoms with Crippen molar-refractivity contribution < 1.29 is 4.74 Å². The molecule has 0 amide bonds. The van der Waals surface area contributed by atoms with E-state index in [1.807, 2.05) is 0 Å². The van der Waals surface area contributed by atoms with E-state index in [1.165, 1.54) is 270 Å². The molecule has 10 aliphatic carbocycles. The zero-order valence-electron chi connectivity index (χ0n) is 51.1. The van der Waals surface area contributed by atoms with Crippen LogP contribution in [0, 0.1) is 94.2 Å². The molecule has 17 rings (SSSR count). The predicted octanol–water partition coefficient (Wildman–Crippen LogP) is 13.4. The standard InChI is InChI=1S/C72H116N8O/c73-43-56-67(72-76-57-25-7-14-32-64(57)81-72)69(80-63-31-13-6-22-53(63)55-24-16-42-75-71(55)80)66(45-35-39-47(40-36-45)78-60-28-10-3-19-50(60)51-20-4-11-29-61(51)78)65(68(56)79-62-30-12-5-21-52(62)54-23-15-41-74-70(54)79)44-33-37-46(38-34-44)77-58-26-8-1-17-48(58)49-18-2-9-27-59(49)77/h44-72,74-76H,1-42H2. The molecule has 0 bridgehead atoms. The Morgan fingerprint density at radius 1 is 0.333 bits per heavy atom. The third-order valence-electron chi connectivity index (χ3n) is 30.2. The maximum Gasteiger partial charge on any atom is 0.114 e. The predicted molar refractivity (Wildman–Crippen MR) is 324 cm³/mol. The molecule has 0 aromatic rings. The molecule has 9 nitrogen and oxygen atoms in total. The molecule has 17 fully saturated rings. The summed E-state index contributed by atoms with van der Waals surface area (Å²) in [4.78, 5) is 13.4. The van der Waals surface area contributed by atoms with Crippen molar-refractivity contribution in [2.24, 2.45) is 82.9 Å². The van der Waals surface area contributed by atoms with Gasteiger partial charge in [-0.05, 0) is 251 Å². The first-order valence-electron chi connectivity index (χ1n) is 37.6. The summed E-state index contributed by atoms with van der Waals surface area (Å²) in [5.41, 5.74) is 0. The number of likely N-dealkylation sites (tertiary alicyclic amines) is 4. The van der Waals surface area contributed by atoms with Crippen LogP contribution in [-0.4, -0.2) is 124 Å². The van der Waals surface area contributed by atoms with Crippen LogP contribution in [0.3, 0.4) is 0 Å². The Balaban J connectivity index is 0.803. The van der Waals surface area contributed by atoms with Crippen molar-refractivity contribution in [1.82, 2.24) is 35.6 Å². The number of ether oxygens (including phenoxy) is 1. The molecule has 10 saturated carbocycles. The highest BCUT2D eigenvalue weighted by molar-refractivity contribution is 5.22. The van der Waals surface area contributed by atoms with Crippen molar-refractivity contribution in [1.29, 1.82) is 5.26 Å². The first-order chi connectivity index (χ1) is 40.2. The molecule has 0 aromatic heterocycles. The first kappa shape index (κ1) is 54.3. The second kappa shape index (κ2) is 23.0. The average Bonchev–Trinajstić information content (AvgIpc) is 4.53. The maximum atomic E-state index is 13.0. The number of nitriles is 1. The molecule has 25 atom stereocenters. The lowest BCUT2D eigenvalue weighted by atomic mass is 9.51. The number of nitrogens with one attached hydrogen (secondary N) is 3. The summed E-state index contributed by atoms with van der Waals surface area (Å²) in [7, 11) is 0. The van der Waals surface area contributed by atoms with Crippen LogP contribution >= 0.6 is 0 Å². The van der Waals surface area contributed by atoms with Gasteiger partial charge in [-0.15, -0.1) is 0 Å². The van der Waals surface area contributed by atoms with E-state index in [2.05, 4.69) is 41.6 Å². The Bertz CT molecular complexity index is 2100. The zero-order valence-corrected chi connectivity index (χ0v) is 51.1. The molecule has 9 heteroatoms. The van der Waals surface area contributed by atoms with Gasteiger partial charge in [-0.2, -0.15) is 5.26 Å². The summed E-state index contributed by atoms with van der Waals surface area (Å²) in [5, 5.41) is 26.3. The van der Waals surface area contributed by atoms with E-state index in [0.717, 1.165) is 89.5 Å². The Hall–Kier alpha value is -0.830. The van der Waals surface area contributed by atoms with Crippen LogP contribution in [0.15, 0.2) is 0 Å². The van der Waals surface area contributed by atoms with Crippen molar-refractivity contribution in [2.75, 3.05) is 13.1 Å². The summed E-state index contributed by atoms with van der Waals surface area (Å²) in [6.45, 7) is 2.34. The topological polar surface area (TPSA) is 82.1 Å². The Morgan fingerprint density at radius 2 is 0.691 bits per heavy atom. The lowest BCUT2D eigenvalue weighted by Gasteiger charge is -2.63. The highest BCUT2D eigenvalue weighted by atomic mass is 16.5. The maximum absolute atomic E-state index is 13.0. The minimum Gasteiger partial charge on any atom is -0.358 e. The first-order valence-corrected chi connectivity index (χ1v) is 37.6. The lowest BCUT2D eigenvalue weighted by molar-refractivity contribution is -0.169. The van der Waals surface area contributed by atoms with Crippen molar-refractivity contribution in [3.8, 4) is 6.07 Å². The van der Waals surface area contributed by atoms with Crippen LogP contribution in [0.5, 0.6) is 0 Å². The fourth-order valence-electron chi connectivity index (χ4n) is 27.8. The summed E-state index contributed by atoms with van der Waals surface area (Å²) >= 11 is 0. The normalized spacial score (nSPS) is 55.0. The molecule has 25 unspecified atom stereocenters. The van der Waals surface area contributed by atoms with Gasteiger partial charge >= 0.3 is 0 Å². The van der Waals surface area contributed by atoms with E-state index in [4.69, 9.17) is 4.74 Å². The van der Waals surface area contributed by atoms with E-state index in [9.17, 15) is 5.26 Å². The van der Waals surface area contributed by atoms with Gasteiger partial charge in [-0.25, -0.2) is 0 Å². The Kier molecular flexibility index (Phi) is 15.4. The van der Waals surface area contributed by atoms with E-state index in [-0.39, 0.29) is 18.1 Å². The van der Waals surface area contributed by atoms with Gasteiger partial charge in [0.25, 0.3) is 0 Å². The minimum atomic E-state index is -0.0293. The van der Waals surface area contributed by atoms with Crippen LogP contribution in [0.1, 0.15) is 257 Å². The minimum absolute atomic E-state index is 0.0200. The van der Waals surface area contributed by atoms with Crippen LogP contribution in [0.2, 0.25) is 0 Å². The van der Waals surface area contributed by atoms with Gasteiger partial charge in [0.1, 0.15) is 6.23 Å². The molecule has 0 spiro atoms. The molecule has 3 N–H and O–H groups in total. The SMILES string of the molecule is N#CC1C(C2NC3CCCCC3O2)C(N2C3CCCCC3C3CCCNC32)C(C2CCC(N3C4CCCCC4C4CCCCC43)CC2)C(C2CCC(N3C4CCCCC4C4CCCCC43)CC2)C1N1C2CCCCC2C2CCCNC21. The quantitative estimate of drug-likeness (QED) is 0.231. The second-order valence-electron chi connectivity index (χ2n) is 33.0. The molecule has 0 radical (unpaired) electrons. The van der Waals surface area contributed by atoms with Crippen LogP contribution in [-0.2, 0) is 4.74 Å². The number of hydrogen-bond acceptors (Lipinski definition) is 9. The second-order valence-corrected chi connectivity index (χ2v) is 33.0. The molecular formula is C72H116N8O. The fourth-order valence-corrected chi connectivity index (χ4v) is 27.8. The van der Waals surface area contributed by atoms with Gasteiger partial charge < -0.3 is 15.4 Å². The van der Waals surface area contributed by atoms with Crippen LogP contribution < -0.4 is 16.0 Å². The molecular weight excluding hydrogens is 993 g/mol. The number of hydrogen-bond donors (Lipinski definition) is 3. The summed E-state index contributed by atoms with van der Waals surface area (Å²) in [6.07, 6.45) is 58.4. The van der Waals surface area contributed by atoms with Crippen molar-refractivity contribution in [2.45, 2.75) is 348 Å². The molecule has 7 heterocycles. The Labute approximate surface area is 493 Å². The number of piperidine rings is 2. The smallest absolute Gasteiger partial charge is 0.114 e. The number of nitrogens with zero attached hydrogens (tertiary/aromatic N) is 5. The summed E-state index contributed by atoms with van der Waals surface area (Å²) < 4.78 is 7.83. The lowest BCUT2D eigenvalue weighted by Crippen LogP contribution is -2.72. The monoisotopic (exact) mass is 1110 g/mol. The van der Waals surface area contributed by atoms with Gasteiger partial charge in [0, 0.05) is 72.4 Å². The van der Waals surface area contributed by atoms with Crippen molar-refractivity contribution >= 4 is 0 Å². The molecule has 450 valence electrons. The van der Waals surface area contributed by atoms with Crippen LogP contribution in [0.4, 0.5) is 0 Å². The molecule has 0 aromatic carbocycles. The molecule has 7 saturated heterocycles. The summed E-state index contributed by atoms with van der Waals surface area (Å²) in [5.74, 6) is 9.82. The van der Waals surface area contributed by atoms with E-state index >= 15 is 0 Å². The molecule has 7 aliphatic heterocycles. The highest BCUT2D eigenvalue weighted by Gasteiger charge is 2.68. The third kappa shape index (κ3) is 9.06. The third-order valence-corrected chi connectivity index (χ3v) is 30.2. The zero-order chi connectivity index (χ0) is 53.3. The van der Waals surface area contributed by atoms with Crippen molar-refractivity contribution in [3.63, 3.8) is 0 Å². The van der Waals surface area contributed by atoms with Gasteiger partial charge in [0.05, 0.1) is 30.4 Å². The van der Waals surface area contributed by atoms with E-state index < -0.39 is 0 Å². The summed E-state index contributed by atoms with van der Waals surface area (Å²) in [6, 6.07) is 11.1. The van der Waals surface area contributed by atoms with E-state index in [0.29, 0.717) is 66.4 Å². The van der Waals surface area contributed by atoms with Crippen molar-refractivity contribution in [3.05, 3.63) is 0 Å². The highest BCUT2D eigenvalue weighted by Crippen LogP contribution is 2.63. The van der Waals surface area contributed by atoms with Gasteiger partial charge in [-0.1, -0.05) is 89.9 Å². The number of fused-ring (bicyclic) bond motifs is 13. The largest absolute Gasteiger partial charge is 0.358 e. The Morgan fingerprint density at radius 3 is 1.12 bits per heavy atom. The average molecular weight is 1110 g/mol. The molecule has 81 heavy (non-hydrogen) atoms. The fraction of sp³-hybridized carbons (Fsp3) is 0.986. The van der Waals surface area contributed by atoms with Gasteiger partial charge in [-0.3, -0.25) is 24.9 Å². The van der Waals surface area contributed by atoms with Gasteiger partial charge in [0.2, 0.25) is 0 Å². The molecule has 17 aliphatic rings. The van der Waals surface area contributed by atoms with Crippen LogP contribution in [0.25, 0.3) is 0 Å². The van der Waals surface area contributed by atoms with E-state index in [1.54, 1.807) is 0 Å². The van der Waals surface area contributed by atoms with Gasteiger partial charge in [0.15, 0.2) is 0 Å². The number of rotatable bonds is 7.